The third kappa shape index (κ3) is 2.48. The van der Waals surface area contributed by atoms with Gasteiger partial charge in [0.25, 0.3) is 0 Å². The molecule has 0 bridgehead atoms. The van der Waals surface area contributed by atoms with Crippen LogP contribution in [0.1, 0.15) is 0 Å². The largest absolute Gasteiger partial charge is 0.506 e. The first-order valence-corrected chi connectivity index (χ1v) is 5.47. The van der Waals surface area contributed by atoms with Gasteiger partial charge in [-0.3, -0.25) is 20.2 Å². The maximum Gasteiger partial charge on any atom is 0.369 e. The summed E-state index contributed by atoms with van der Waals surface area (Å²) in [7, 11) is 0. The summed E-state index contributed by atoms with van der Waals surface area (Å²) in [4.78, 5) is 20.2. The fraction of sp³-hybridized carbons (Fsp3) is 0. The molecule has 0 saturated heterocycles. The molecule has 0 unspecified atom stereocenters. The molecule has 2 N–H and O–H groups in total. The molecule has 0 aliphatic carbocycles. The molecule has 0 spiro atoms. The predicted molar refractivity (Wildman–Crippen MR) is 71.1 cm³/mol. The van der Waals surface area contributed by atoms with Crippen molar-refractivity contribution in [1.82, 2.24) is 0 Å². The van der Waals surface area contributed by atoms with Crippen LogP contribution < -0.4 is 5.32 Å². The minimum Gasteiger partial charge on any atom is -0.506 e. The summed E-state index contributed by atoms with van der Waals surface area (Å²) in [5, 5.41) is 34.1. The standard InChI is InChI=1S/C12H9N3O5/c16-11-7-2-1-4-8(11)13-9-5-3-6-10(14(17)18)12(9)15(19)20/h1-7,13,16H. The summed E-state index contributed by atoms with van der Waals surface area (Å²) in [5.41, 5.74) is -1.11. The second-order valence-electron chi connectivity index (χ2n) is 3.83. The van der Waals surface area contributed by atoms with Crippen molar-refractivity contribution in [1.29, 1.82) is 0 Å². The molecule has 8 heteroatoms. The highest BCUT2D eigenvalue weighted by molar-refractivity contribution is 5.77. The molecular weight excluding hydrogens is 266 g/mol. The lowest BCUT2D eigenvalue weighted by atomic mass is 10.2. The van der Waals surface area contributed by atoms with E-state index in [-0.39, 0.29) is 17.1 Å². The van der Waals surface area contributed by atoms with Gasteiger partial charge in [0.2, 0.25) is 0 Å². The zero-order chi connectivity index (χ0) is 14.7. The van der Waals surface area contributed by atoms with Crippen LogP contribution in [0.4, 0.5) is 22.7 Å². The number of nitrogens with one attached hydrogen (secondary N) is 1. The molecule has 0 aliphatic rings. The third-order valence-corrected chi connectivity index (χ3v) is 2.57. The molecule has 2 aromatic carbocycles. The van der Waals surface area contributed by atoms with Crippen molar-refractivity contribution in [2.45, 2.75) is 0 Å². The van der Waals surface area contributed by atoms with Crippen molar-refractivity contribution >= 4 is 22.7 Å². The molecule has 0 fully saturated rings. The van der Waals surface area contributed by atoms with E-state index in [0.717, 1.165) is 6.07 Å². The predicted octanol–water partition coefficient (Wildman–Crippen LogP) is 2.95. The molecule has 102 valence electrons. The van der Waals surface area contributed by atoms with E-state index in [1.807, 2.05) is 0 Å². The van der Waals surface area contributed by atoms with Gasteiger partial charge in [0.15, 0.2) is 0 Å². The highest BCUT2D eigenvalue weighted by Crippen LogP contribution is 2.37. The lowest BCUT2D eigenvalue weighted by Gasteiger charge is -2.08. The Morgan fingerprint density at radius 1 is 0.900 bits per heavy atom. The molecular formula is C12H9N3O5. The van der Waals surface area contributed by atoms with Crippen molar-refractivity contribution < 1.29 is 15.0 Å². The maximum atomic E-state index is 11.0. The number of para-hydroxylation sites is 3. The number of hydrogen-bond acceptors (Lipinski definition) is 6. The lowest BCUT2D eigenvalue weighted by molar-refractivity contribution is -0.421. The van der Waals surface area contributed by atoms with Crippen LogP contribution in [0.15, 0.2) is 42.5 Å². The summed E-state index contributed by atoms with van der Waals surface area (Å²) in [6, 6.07) is 9.80. The first-order valence-electron chi connectivity index (χ1n) is 5.47. The van der Waals surface area contributed by atoms with E-state index in [1.54, 1.807) is 12.1 Å². The van der Waals surface area contributed by atoms with Gasteiger partial charge >= 0.3 is 11.4 Å². The number of nitro groups is 2. The zero-order valence-corrected chi connectivity index (χ0v) is 10.0. The highest BCUT2D eigenvalue weighted by Gasteiger charge is 2.28. The van der Waals surface area contributed by atoms with E-state index in [4.69, 9.17) is 0 Å². The summed E-state index contributed by atoms with van der Waals surface area (Å²) in [6.45, 7) is 0. The Kier molecular flexibility index (Phi) is 3.47. The normalized spacial score (nSPS) is 10.0. The van der Waals surface area contributed by atoms with Crippen molar-refractivity contribution in [3.8, 4) is 5.75 Å². The summed E-state index contributed by atoms with van der Waals surface area (Å²) in [5.74, 6) is -0.117. The van der Waals surface area contributed by atoms with Crippen molar-refractivity contribution in [3.05, 3.63) is 62.7 Å². The van der Waals surface area contributed by atoms with Crippen molar-refractivity contribution in [2.24, 2.45) is 0 Å². The van der Waals surface area contributed by atoms with Gasteiger partial charge < -0.3 is 10.4 Å². The molecule has 0 radical (unpaired) electrons. The van der Waals surface area contributed by atoms with Crippen LogP contribution in [0.5, 0.6) is 5.75 Å². The summed E-state index contributed by atoms with van der Waals surface area (Å²) in [6.07, 6.45) is 0. The monoisotopic (exact) mass is 275 g/mol. The zero-order valence-electron chi connectivity index (χ0n) is 10.0. The first kappa shape index (κ1) is 13.3. The Morgan fingerprint density at radius 2 is 1.55 bits per heavy atom. The Hall–Kier alpha value is -3.16. The Balaban J connectivity index is 2.52. The van der Waals surface area contributed by atoms with Crippen LogP contribution in [0, 0.1) is 20.2 Å². The Bertz CT molecular complexity index is 687. The minimum absolute atomic E-state index is 0.0642. The second kappa shape index (κ2) is 5.22. The van der Waals surface area contributed by atoms with Crippen LogP contribution in [0.2, 0.25) is 0 Å². The minimum atomic E-state index is -0.833. The number of phenolic OH excluding ortho intramolecular Hbond substituents is 1. The molecule has 0 atom stereocenters. The molecule has 20 heavy (non-hydrogen) atoms. The molecule has 0 heterocycles. The molecule has 2 rings (SSSR count). The smallest absolute Gasteiger partial charge is 0.369 e. The summed E-state index contributed by atoms with van der Waals surface area (Å²) < 4.78 is 0. The Labute approximate surface area is 112 Å². The average Bonchev–Trinajstić information content (AvgIpc) is 2.40. The number of aromatic hydroxyl groups is 1. The topological polar surface area (TPSA) is 119 Å². The quantitative estimate of drug-likeness (QED) is 0.503. The maximum absolute atomic E-state index is 11.0. The van der Waals surface area contributed by atoms with Crippen molar-refractivity contribution in [2.75, 3.05) is 5.32 Å². The number of phenols is 1. The SMILES string of the molecule is O=[N+]([O-])c1cccc(Nc2ccccc2O)c1[N+](=O)[O-]. The van der Waals surface area contributed by atoms with E-state index in [1.165, 1.54) is 24.3 Å². The molecule has 0 saturated carbocycles. The summed E-state index contributed by atoms with van der Waals surface area (Å²) >= 11 is 0. The van der Waals surface area contributed by atoms with Crippen LogP contribution in [0.3, 0.4) is 0 Å². The van der Waals surface area contributed by atoms with E-state index in [2.05, 4.69) is 5.32 Å². The van der Waals surface area contributed by atoms with E-state index >= 15 is 0 Å². The molecule has 0 aromatic heterocycles. The van der Waals surface area contributed by atoms with Gasteiger partial charge in [-0.15, -0.1) is 0 Å². The number of nitro benzene ring substituents is 2. The van der Waals surface area contributed by atoms with Gasteiger partial charge in [0.1, 0.15) is 11.4 Å². The number of nitrogens with zero attached hydrogens (tertiary/aromatic N) is 2. The van der Waals surface area contributed by atoms with E-state index in [0.29, 0.717) is 0 Å². The average molecular weight is 275 g/mol. The van der Waals surface area contributed by atoms with E-state index < -0.39 is 21.2 Å². The van der Waals surface area contributed by atoms with Crippen LogP contribution >= 0.6 is 0 Å². The first-order chi connectivity index (χ1) is 9.50. The molecule has 0 aliphatic heterocycles. The molecule has 0 amide bonds. The van der Waals surface area contributed by atoms with Crippen LogP contribution in [0.25, 0.3) is 0 Å². The highest BCUT2D eigenvalue weighted by atomic mass is 16.6. The van der Waals surface area contributed by atoms with Crippen LogP contribution in [-0.4, -0.2) is 15.0 Å². The van der Waals surface area contributed by atoms with Gasteiger partial charge in [-0.2, -0.15) is 0 Å². The molecule has 2 aromatic rings. The number of rotatable bonds is 4. The van der Waals surface area contributed by atoms with Gasteiger partial charge in [0, 0.05) is 6.07 Å². The second-order valence-corrected chi connectivity index (χ2v) is 3.83. The van der Waals surface area contributed by atoms with Gasteiger partial charge in [-0.05, 0) is 18.2 Å². The van der Waals surface area contributed by atoms with Gasteiger partial charge in [-0.25, -0.2) is 0 Å². The third-order valence-electron chi connectivity index (χ3n) is 2.57. The van der Waals surface area contributed by atoms with Gasteiger partial charge in [-0.1, -0.05) is 18.2 Å². The lowest BCUT2D eigenvalue weighted by Crippen LogP contribution is -2.01. The number of benzene rings is 2. The van der Waals surface area contributed by atoms with Gasteiger partial charge in [0.05, 0.1) is 15.5 Å². The van der Waals surface area contributed by atoms with E-state index in [9.17, 15) is 25.3 Å². The number of hydrogen-bond donors (Lipinski definition) is 2. The Morgan fingerprint density at radius 3 is 2.15 bits per heavy atom. The molecule has 8 nitrogen and oxygen atoms in total. The fourth-order valence-electron chi connectivity index (χ4n) is 1.70. The van der Waals surface area contributed by atoms with Crippen molar-refractivity contribution in [3.63, 3.8) is 0 Å². The number of anilines is 2. The van der Waals surface area contributed by atoms with Crippen LogP contribution in [-0.2, 0) is 0 Å². The fourth-order valence-corrected chi connectivity index (χ4v) is 1.70.